The van der Waals surface area contributed by atoms with Gasteiger partial charge in [0.2, 0.25) is 0 Å². The van der Waals surface area contributed by atoms with E-state index in [2.05, 4.69) is 6.07 Å². The molecule has 1 heterocycles. The summed E-state index contributed by atoms with van der Waals surface area (Å²) in [4.78, 5) is 0. The molecule has 0 amide bonds. The molecule has 0 aliphatic carbocycles. The molecule has 1 saturated heterocycles. The van der Waals surface area contributed by atoms with Gasteiger partial charge < -0.3 is 5.11 Å². The molecule has 4 nitrogen and oxygen atoms in total. The van der Waals surface area contributed by atoms with Crippen molar-refractivity contribution >= 4 is 9.84 Å². The zero-order valence-corrected chi connectivity index (χ0v) is 11.9. The second-order valence-electron chi connectivity index (χ2n) is 5.32. The number of aliphatic hydroxyl groups excluding tert-OH is 1. The summed E-state index contributed by atoms with van der Waals surface area (Å²) in [5.41, 5.74) is 1.23. The molecule has 1 aliphatic heterocycles. The van der Waals surface area contributed by atoms with Crippen LogP contribution in [0.5, 0.6) is 0 Å². The third-order valence-electron chi connectivity index (χ3n) is 3.90. The Kier molecular flexibility index (Phi) is 3.41. The van der Waals surface area contributed by atoms with Crippen molar-refractivity contribution in [2.24, 2.45) is 5.41 Å². The highest BCUT2D eigenvalue weighted by Crippen LogP contribution is 2.44. The van der Waals surface area contributed by atoms with Crippen molar-refractivity contribution < 1.29 is 13.5 Å². The average Bonchev–Trinajstić information content (AvgIpc) is 2.66. The zero-order chi connectivity index (χ0) is 14.3. The van der Waals surface area contributed by atoms with E-state index in [4.69, 9.17) is 0 Å². The summed E-state index contributed by atoms with van der Waals surface area (Å²) in [7, 11) is -3.23. The van der Waals surface area contributed by atoms with Gasteiger partial charge in [0.25, 0.3) is 0 Å². The quantitative estimate of drug-likeness (QED) is 0.893. The number of hydrogen-bond donors (Lipinski definition) is 1. The Morgan fingerprint density at radius 1 is 1.37 bits per heavy atom. The Labute approximate surface area is 113 Å². The van der Waals surface area contributed by atoms with Crippen LogP contribution in [-0.4, -0.2) is 25.0 Å². The fourth-order valence-corrected chi connectivity index (χ4v) is 4.75. The van der Waals surface area contributed by atoms with Gasteiger partial charge in [0.05, 0.1) is 23.7 Å². The van der Waals surface area contributed by atoms with Crippen molar-refractivity contribution in [3.8, 4) is 6.07 Å². The van der Waals surface area contributed by atoms with Gasteiger partial charge in [-0.05, 0) is 37.0 Å². The molecule has 0 spiro atoms. The van der Waals surface area contributed by atoms with Crippen LogP contribution in [-0.2, 0) is 9.84 Å². The third-order valence-corrected chi connectivity index (χ3v) is 5.68. The Morgan fingerprint density at radius 3 is 2.37 bits per heavy atom. The van der Waals surface area contributed by atoms with Crippen LogP contribution >= 0.6 is 0 Å². The summed E-state index contributed by atoms with van der Waals surface area (Å²) in [5, 5.41) is 20.0. The minimum atomic E-state index is -3.23. The first kappa shape index (κ1) is 14.0. The second-order valence-corrected chi connectivity index (χ2v) is 7.50. The van der Waals surface area contributed by atoms with Crippen LogP contribution in [0.4, 0.5) is 0 Å². The summed E-state index contributed by atoms with van der Waals surface area (Å²) in [6.07, 6.45) is -0.864. The lowest BCUT2D eigenvalue weighted by atomic mass is 9.77. The maximum Gasteiger partial charge on any atom is 0.152 e. The number of aryl methyl sites for hydroxylation is 2. The van der Waals surface area contributed by atoms with Gasteiger partial charge in [0, 0.05) is 0 Å². The van der Waals surface area contributed by atoms with Crippen LogP contribution in [0.25, 0.3) is 0 Å². The average molecular weight is 279 g/mol. The number of sulfone groups is 1. The fourth-order valence-electron chi connectivity index (χ4n) is 2.77. The van der Waals surface area contributed by atoms with E-state index in [9.17, 15) is 18.8 Å². The van der Waals surface area contributed by atoms with Crippen molar-refractivity contribution in [3.63, 3.8) is 0 Å². The van der Waals surface area contributed by atoms with E-state index in [0.29, 0.717) is 5.56 Å². The van der Waals surface area contributed by atoms with Crippen molar-refractivity contribution in [2.75, 3.05) is 11.5 Å². The van der Waals surface area contributed by atoms with Crippen LogP contribution in [0.2, 0.25) is 0 Å². The topological polar surface area (TPSA) is 78.2 Å². The standard InChI is InChI=1S/C14H17NO3S/c1-10-4-3-5-11(2)12(10)13(16)14(8-15)6-7-19(17,18)9-14/h3-5,13,16H,6-7,9H2,1-2H3. The van der Waals surface area contributed by atoms with Crippen LogP contribution in [0.15, 0.2) is 18.2 Å². The SMILES string of the molecule is Cc1cccc(C)c1C(O)C1(C#N)CCS(=O)(=O)C1. The summed E-state index contributed by atoms with van der Waals surface area (Å²) in [6.45, 7) is 3.72. The van der Waals surface area contributed by atoms with Crippen LogP contribution in [0.3, 0.4) is 0 Å². The number of nitriles is 1. The monoisotopic (exact) mass is 279 g/mol. The molecule has 1 aromatic rings. The molecule has 2 unspecified atom stereocenters. The Balaban J connectivity index is 2.49. The van der Waals surface area contributed by atoms with Crippen LogP contribution < -0.4 is 0 Å². The molecule has 19 heavy (non-hydrogen) atoms. The smallest absolute Gasteiger partial charge is 0.152 e. The Hall–Kier alpha value is -1.38. The van der Waals surface area contributed by atoms with Gasteiger partial charge >= 0.3 is 0 Å². The number of benzene rings is 1. The van der Waals surface area contributed by atoms with Crippen molar-refractivity contribution in [2.45, 2.75) is 26.4 Å². The van der Waals surface area contributed by atoms with E-state index in [1.807, 2.05) is 32.0 Å². The summed E-state index contributed by atoms with van der Waals surface area (Å²) in [6, 6.07) is 7.66. The molecular weight excluding hydrogens is 262 g/mol. The van der Waals surface area contributed by atoms with Crippen molar-refractivity contribution in [1.82, 2.24) is 0 Å². The minimum Gasteiger partial charge on any atom is -0.387 e. The predicted molar refractivity (Wildman–Crippen MR) is 72.2 cm³/mol. The first-order chi connectivity index (χ1) is 8.81. The largest absolute Gasteiger partial charge is 0.387 e. The number of nitrogens with zero attached hydrogens (tertiary/aromatic N) is 1. The lowest BCUT2D eigenvalue weighted by Crippen LogP contribution is -2.29. The molecule has 2 rings (SSSR count). The van der Waals surface area contributed by atoms with Gasteiger partial charge in [-0.2, -0.15) is 5.26 Å². The molecule has 102 valence electrons. The molecular formula is C14H17NO3S. The van der Waals surface area contributed by atoms with Gasteiger partial charge in [-0.1, -0.05) is 18.2 Å². The summed E-state index contributed by atoms with van der Waals surface area (Å²) in [5.74, 6) is -0.284. The van der Waals surface area contributed by atoms with E-state index in [-0.39, 0.29) is 17.9 Å². The number of aliphatic hydroxyl groups is 1. The van der Waals surface area contributed by atoms with Gasteiger partial charge in [-0.3, -0.25) is 0 Å². The molecule has 2 atom stereocenters. The molecule has 5 heteroatoms. The molecule has 1 aromatic carbocycles. The van der Waals surface area contributed by atoms with Gasteiger partial charge in [0.1, 0.15) is 5.41 Å². The molecule has 0 radical (unpaired) electrons. The van der Waals surface area contributed by atoms with Crippen LogP contribution in [0.1, 0.15) is 29.2 Å². The van der Waals surface area contributed by atoms with Gasteiger partial charge in [-0.25, -0.2) is 8.42 Å². The maximum atomic E-state index is 11.6. The van der Waals surface area contributed by atoms with Gasteiger partial charge in [-0.15, -0.1) is 0 Å². The van der Waals surface area contributed by atoms with Crippen molar-refractivity contribution in [1.29, 1.82) is 5.26 Å². The van der Waals surface area contributed by atoms with E-state index < -0.39 is 21.4 Å². The van der Waals surface area contributed by atoms with Gasteiger partial charge in [0.15, 0.2) is 9.84 Å². The molecule has 1 aliphatic rings. The first-order valence-electron chi connectivity index (χ1n) is 6.17. The normalized spacial score (nSPS) is 26.8. The Bertz CT molecular complexity index is 625. The highest BCUT2D eigenvalue weighted by molar-refractivity contribution is 7.91. The highest BCUT2D eigenvalue weighted by atomic mass is 32.2. The summed E-state index contributed by atoms with van der Waals surface area (Å²) < 4.78 is 23.3. The number of rotatable bonds is 2. The number of hydrogen-bond acceptors (Lipinski definition) is 4. The molecule has 1 N–H and O–H groups in total. The Morgan fingerprint density at radius 2 is 1.95 bits per heavy atom. The molecule has 0 saturated carbocycles. The second kappa shape index (κ2) is 4.62. The van der Waals surface area contributed by atoms with E-state index in [1.165, 1.54) is 0 Å². The molecule has 1 fully saturated rings. The van der Waals surface area contributed by atoms with E-state index in [1.54, 1.807) is 0 Å². The first-order valence-corrected chi connectivity index (χ1v) is 7.99. The molecule has 0 aromatic heterocycles. The van der Waals surface area contributed by atoms with Crippen molar-refractivity contribution in [3.05, 3.63) is 34.9 Å². The van der Waals surface area contributed by atoms with E-state index >= 15 is 0 Å². The van der Waals surface area contributed by atoms with Crippen LogP contribution in [0, 0.1) is 30.6 Å². The minimum absolute atomic E-state index is 0.0252. The highest BCUT2D eigenvalue weighted by Gasteiger charge is 2.49. The predicted octanol–water partition coefficient (Wildman–Crippen LogP) is 1.67. The summed E-state index contributed by atoms with van der Waals surface area (Å²) >= 11 is 0. The van der Waals surface area contributed by atoms with E-state index in [0.717, 1.165) is 11.1 Å². The lowest BCUT2D eigenvalue weighted by molar-refractivity contribution is 0.0782. The molecule has 0 bridgehead atoms. The fraction of sp³-hybridized carbons (Fsp3) is 0.500. The maximum absolute atomic E-state index is 11.6. The zero-order valence-electron chi connectivity index (χ0n) is 11.0. The third kappa shape index (κ3) is 2.38. The lowest BCUT2D eigenvalue weighted by Gasteiger charge is -2.28.